The number of hydrogen-bond donors (Lipinski definition) is 1. The van der Waals surface area contributed by atoms with Crippen LogP contribution in [-0.4, -0.2) is 35.6 Å². The monoisotopic (exact) mass is 440 g/mol. The molecule has 0 aromatic heterocycles. The zero-order valence-electron chi connectivity index (χ0n) is 17.5. The van der Waals surface area contributed by atoms with Gasteiger partial charge in [-0.15, -0.1) is 0 Å². The first kappa shape index (κ1) is 22.2. The van der Waals surface area contributed by atoms with Crippen molar-refractivity contribution in [3.63, 3.8) is 0 Å². The number of sulfonamides is 1. The molecule has 0 saturated carbocycles. The Morgan fingerprint density at radius 3 is 2.16 bits per heavy atom. The third kappa shape index (κ3) is 4.97. The Morgan fingerprint density at radius 1 is 0.903 bits per heavy atom. The molecule has 0 spiro atoms. The lowest BCUT2D eigenvalue weighted by molar-refractivity contribution is 0.0951. The summed E-state index contributed by atoms with van der Waals surface area (Å²) in [5, 5.41) is 2.85. The van der Waals surface area contributed by atoms with Crippen molar-refractivity contribution < 1.29 is 22.7 Å². The fraction of sp³-hybridized carbons (Fsp3) is 0.174. The van der Waals surface area contributed by atoms with E-state index in [1.165, 1.54) is 33.4 Å². The van der Waals surface area contributed by atoms with Gasteiger partial charge in [-0.1, -0.05) is 30.3 Å². The van der Waals surface area contributed by atoms with Crippen LogP contribution in [0.1, 0.15) is 15.9 Å². The largest absolute Gasteiger partial charge is 0.493 e. The van der Waals surface area contributed by atoms with Gasteiger partial charge < -0.3 is 14.8 Å². The number of nitrogens with zero attached hydrogens (tertiary/aromatic N) is 1. The molecule has 0 aliphatic rings. The molecule has 0 saturated heterocycles. The van der Waals surface area contributed by atoms with E-state index in [9.17, 15) is 13.2 Å². The van der Waals surface area contributed by atoms with Crippen LogP contribution >= 0.6 is 0 Å². The summed E-state index contributed by atoms with van der Waals surface area (Å²) in [6, 6.07) is 20.4. The van der Waals surface area contributed by atoms with Crippen LogP contribution in [0.4, 0.5) is 5.69 Å². The molecule has 0 heterocycles. The summed E-state index contributed by atoms with van der Waals surface area (Å²) in [4.78, 5) is 12.4. The number of rotatable bonds is 8. The maximum Gasteiger partial charge on any atom is 0.264 e. The third-order valence-corrected chi connectivity index (χ3v) is 6.58. The van der Waals surface area contributed by atoms with E-state index in [2.05, 4.69) is 5.32 Å². The molecule has 7 nitrogen and oxygen atoms in total. The Labute approximate surface area is 182 Å². The van der Waals surface area contributed by atoms with E-state index in [1.54, 1.807) is 30.3 Å². The second kappa shape index (κ2) is 9.53. The predicted molar refractivity (Wildman–Crippen MR) is 119 cm³/mol. The normalized spacial score (nSPS) is 10.9. The standard InChI is InChI=1S/C23H24N2O5S/c1-25(31(27,28)20-13-14-21(29-2)22(15-20)30-3)19-11-9-18(10-12-19)23(26)24-16-17-7-5-4-6-8-17/h4-15H,16H2,1-3H3,(H,24,26). The number of carbonyl (C=O) groups is 1. The van der Waals surface area contributed by atoms with Gasteiger partial charge in [-0.25, -0.2) is 8.42 Å². The molecule has 0 aliphatic carbocycles. The van der Waals surface area contributed by atoms with Crippen molar-refractivity contribution in [3.05, 3.63) is 83.9 Å². The lowest BCUT2D eigenvalue weighted by Crippen LogP contribution is -2.27. The fourth-order valence-corrected chi connectivity index (χ4v) is 4.19. The third-order valence-electron chi connectivity index (χ3n) is 4.80. The molecule has 0 atom stereocenters. The SMILES string of the molecule is COc1ccc(S(=O)(=O)N(C)c2ccc(C(=O)NCc3ccccc3)cc2)cc1OC. The van der Waals surface area contributed by atoms with Crippen molar-refractivity contribution in [1.82, 2.24) is 5.32 Å². The minimum atomic E-state index is -3.83. The van der Waals surface area contributed by atoms with Gasteiger partial charge in [0.05, 0.1) is 24.8 Å². The number of methoxy groups -OCH3 is 2. The van der Waals surface area contributed by atoms with E-state index in [4.69, 9.17) is 9.47 Å². The molecule has 1 amide bonds. The van der Waals surface area contributed by atoms with Crippen LogP contribution < -0.4 is 19.1 Å². The summed E-state index contributed by atoms with van der Waals surface area (Å²) < 4.78 is 37.6. The summed E-state index contributed by atoms with van der Waals surface area (Å²) >= 11 is 0. The summed E-state index contributed by atoms with van der Waals surface area (Å²) in [6.45, 7) is 0.412. The van der Waals surface area contributed by atoms with Gasteiger partial charge in [-0.3, -0.25) is 9.10 Å². The quantitative estimate of drug-likeness (QED) is 0.580. The molecule has 0 radical (unpaired) electrons. The zero-order chi connectivity index (χ0) is 22.4. The van der Waals surface area contributed by atoms with E-state index >= 15 is 0 Å². The van der Waals surface area contributed by atoms with E-state index in [1.807, 2.05) is 30.3 Å². The highest BCUT2D eigenvalue weighted by Gasteiger charge is 2.23. The number of amides is 1. The average Bonchev–Trinajstić information content (AvgIpc) is 2.82. The maximum absolute atomic E-state index is 13.0. The number of anilines is 1. The van der Waals surface area contributed by atoms with E-state index in [-0.39, 0.29) is 10.8 Å². The van der Waals surface area contributed by atoms with Crippen molar-refractivity contribution in [2.75, 3.05) is 25.6 Å². The van der Waals surface area contributed by atoms with Crippen LogP contribution in [-0.2, 0) is 16.6 Å². The lowest BCUT2D eigenvalue weighted by Gasteiger charge is -2.20. The van der Waals surface area contributed by atoms with Gasteiger partial charge in [0.25, 0.3) is 15.9 Å². The van der Waals surface area contributed by atoms with Crippen LogP contribution in [0.3, 0.4) is 0 Å². The lowest BCUT2D eigenvalue weighted by atomic mass is 10.2. The molecule has 8 heteroatoms. The van der Waals surface area contributed by atoms with Crippen LogP contribution in [0.15, 0.2) is 77.7 Å². The Bertz CT molecular complexity index is 1150. The summed E-state index contributed by atoms with van der Waals surface area (Å²) in [5.74, 6) is 0.526. The smallest absolute Gasteiger partial charge is 0.264 e. The first-order valence-corrected chi connectivity index (χ1v) is 10.9. The highest BCUT2D eigenvalue weighted by Crippen LogP contribution is 2.31. The number of nitrogens with one attached hydrogen (secondary N) is 1. The predicted octanol–water partition coefficient (Wildman–Crippen LogP) is 3.46. The highest BCUT2D eigenvalue weighted by atomic mass is 32.2. The van der Waals surface area contributed by atoms with Crippen LogP contribution in [0.5, 0.6) is 11.5 Å². The number of carbonyl (C=O) groups excluding carboxylic acids is 1. The Morgan fingerprint density at radius 2 is 1.55 bits per heavy atom. The van der Waals surface area contributed by atoms with E-state index in [0.29, 0.717) is 29.3 Å². The molecule has 3 rings (SSSR count). The van der Waals surface area contributed by atoms with E-state index < -0.39 is 10.0 Å². The summed E-state index contributed by atoms with van der Waals surface area (Å²) in [7, 11) is 0.549. The van der Waals surface area contributed by atoms with Crippen molar-refractivity contribution in [1.29, 1.82) is 0 Å². The van der Waals surface area contributed by atoms with Crippen molar-refractivity contribution in [2.24, 2.45) is 0 Å². The first-order valence-electron chi connectivity index (χ1n) is 9.50. The van der Waals surface area contributed by atoms with E-state index in [0.717, 1.165) is 9.87 Å². The minimum absolute atomic E-state index is 0.0670. The molecule has 0 unspecified atom stereocenters. The van der Waals surface area contributed by atoms with Crippen LogP contribution in [0.25, 0.3) is 0 Å². The van der Waals surface area contributed by atoms with Gasteiger partial charge in [0.1, 0.15) is 0 Å². The second-order valence-electron chi connectivity index (χ2n) is 6.70. The molecule has 0 fully saturated rings. The minimum Gasteiger partial charge on any atom is -0.493 e. The molecular weight excluding hydrogens is 416 g/mol. The first-order chi connectivity index (χ1) is 14.9. The van der Waals surface area contributed by atoms with Crippen molar-refractivity contribution in [2.45, 2.75) is 11.4 Å². The van der Waals surface area contributed by atoms with Gasteiger partial charge in [-0.2, -0.15) is 0 Å². The molecule has 162 valence electrons. The number of ether oxygens (including phenoxy) is 2. The van der Waals surface area contributed by atoms with Gasteiger partial charge in [-0.05, 0) is 42.0 Å². The molecule has 1 N–H and O–H groups in total. The zero-order valence-corrected chi connectivity index (χ0v) is 18.3. The van der Waals surface area contributed by atoms with Gasteiger partial charge in [0.15, 0.2) is 11.5 Å². The van der Waals surface area contributed by atoms with Gasteiger partial charge in [0.2, 0.25) is 0 Å². The molecule has 3 aromatic carbocycles. The highest BCUT2D eigenvalue weighted by molar-refractivity contribution is 7.92. The molecule has 3 aromatic rings. The molecule has 31 heavy (non-hydrogen) atoms. The Kier molecular flexibility index (Phi) is 6.81. The van der Waals surface area contributed by atoms with Crippen molar-refractivity contribution >= 4 is 21.6 Å². The van der Waals surface area contributed by atoms with Crippen LogP contribution in [0, 0.1) is 0 Å². The van der Waals surface area contributed by atoms with Gasteiger partial charge in [0, 0.05) is 25.2 Å². The molecule has 0 bridgehead atoms. The summed E-state index contributed by atoms with van der Waals surface area (Å²) in [6.07, 6.45) is 0. The molecule has 0 aliphatic heterocycles. The summed E-state index contributed by atoms with van der Waals surface area (Å²) in [5.41, 5.74) is 1.86. The van der Waals surface area contributed by atoms with Crippen LogP contribution in [0.2, 0.25) is 0 Å². The Balaban J connectivity index is 1.74. The maximum atomic E-state index is 13.0. The van der Waals surface area contributed by atoms with Crippen molar-refractivity contribution in [3.8, 4) is 11.5 Å². The Hall–Kier alpha value is -3.52. The van der Waals surface area contributed by atoms with Gasteiger partial charge >= 0.3 is 0 Å². The topological polar surface area (TPSA) is 84.9 Å². The molecular formula is C23H24N2O5S. The number of hydrogen-bond acceptors (Lipinski definition) is 5. The second-order valence-corrected chi connectivity index (χ2v) is 8.67. The average molecular weight is 441 g/mol. The fourth-order valence-electron chi connectivity index (χ4n) is 2.98. The number of benzene rings is 3.